The quantitative estimate of drug-likeness (QED) is 0.614. The van der Waals surface area contributed by atoms with Crippen molar-refractivity contribution in [2.75, 3.05) is 7.05 Å². The Labute approximate surface area is 157 Å². The van der Waals surface area contributed by atoms with E-state index in [2.05, 4.69) is 10.6 Å². The summed E-state index contributed by atoms with van der Waals surface area (Å²) < 4.78 is 0. The van der Waals surface area contributed by atoms with Crippen LogP contribution < -0.4 is 10.6 Å². The van der Waals surface area contributed by atoms with E-state index in [0.717, 1.165) is 25.7 Å². The van der Waals surface area contributed by atoms with Gasteiger partial charge >= 0.3 is 5.97 Å². The molecule has 6 nitrogen and oxygen atoms in total. The van der Waals surface area contributed by atoms with Gasteiger partial charge in [-0.05, 0) is 36.5 Å². The van der Waals surface area contributed by atoms with E-state index in [1.165, 1.54) is 7.05 Å². The fourth-order valence-corrected chi connectivity index (χ4v) is 4.01. The van der Waals surface area contributed by atoms with Gasteiger partial charge in [-0.3, -0.25) is 14.4 Å². The summed E-state index contributed by atoms with van der Waals surface area (Å²) >= 11 is 0. The first-order chi connectivity index (χ1) is 12.0. The zero-order valence-electron chi connectivity index (χ0n) is 17.1. The van der Waals surface area contributed by atoms with Crippen LogP contribution in [0.15, 0.2) is 0 Å². The Morgan fingerprint density at radius 1 is 1.08 bits per heavy atom. The summed E-state index contributed by atoms with van der Waals surface area (Å²) in [5, 5.41) is 15.3. The molecule has 0 bridgehead atoms. The number of aliphatic carboxylic acids is 1. The van der Waals surface area contributed by atoms with Gasteiger partial charge in [0.2, 0.25) is 11.8 Å². The average molecular weight is 369 g/mol. The Hall–Kier alpha value is -1.59. The lowest BCUT2D eigenvalue weighted by Crippen LogP contribution is -2.55. The molecule has 0 saturated heterocycles. The van der Waals surface area contributed by atoms with Crippen LogP contribution in [0.25, 0.3) is 0 Å². The smallest absolute Gasteiger partial charge is 0.307 e. The summed E-state index contributed by atoms with van der Waals surface area (Å²) in [4.78, 5) is 37.4. The lowest BCUT2D eigenvalue weighted by molar-refractivity contribution is -0.151. The van der Waals surface area contributed by atoms with Crippen LogP contribution in [0.3, 0.4) is 0 Å². The molecule has 150 valence electrons. The molecule has 1 unspecified atom stereocenters. The van der Waals surface area contributed by atoms with Crippen molar-refractivity contribution in [1.82, 2.24) is 10.6 Å². The number of amides is 2. The van der Waals surface area contributed by atoms with Crippen molar-refractivity contribution in [2.24, 2.45) is 29.1 Å². The third-order valence-corrected chi connectivity index (χ3v) is 5.35. The first kappa shape index (κ1) is 22.5. The summed E-state index contributed by atoms with van der Waals surface area (Å²) in [5.74, 6) is -2.55. The molecule has 0 aliphatic heterocycles. The molecule has 1 saturated carbocycles. The molecular formula is C20H36N2O4. The Balaban J connectivity index is 3.10. The van der Waals surface area contributed by atoms with E-state index < -0.39 is 29.3 Å². The highest BCUT2D eigenvalue weighted by atomic mass is 16.4. The number of hydrogen-bond donors (Lipinski definition) is 3. The zero-order valence-corrected chi connectivity index (χ0v) is 17.1. The molecule has 26 heavy (non-hydrogen) atoms. The molecule has 0 aromatic rings. The molecule has 3 atom stereocenters. The normalized spacial score (nSPS) is 19.0. The van der Waals surface area contributed by atoms with Crippen molar-refractivity contribution in [3.8, 4) is 0 Å². The molecule has 3 N–H and O–H groups in total. The molecule has 2 amide bonds. The van der Waals surface area contributed by atoms with Gasteiger partial charge in [0.25, 0.3) is 0 Å². The predicted octanol–water partition coefficient (Wildman–Crippen LogP) is 2.82. The van der Waals surface area contributed by atoms with E-state index in [-0.39, 0.29) is 23.7 Å². The van der Waals surface area contributed by atoms with Crippen LogP contribution in [0.4, 0.5) is 0 Å². The molecule has 6 heteroatoms. The number of nitrogens with one attached hydrogen (secondary N) is 2. The number of rotatable bonds is 8. The standard InChI is InChI=1S/C20H36N2O4/c1-12(2)11-14(15(19(25)26)13-9-7-8-10-13)17(23)22-16(18(24)21-6)20(3,4)5/h12-16H,7-11H2,1-6H3,(H,21,24)(H,22,23)(H,25,26)/t14-,15+,16?/m1/s1. The fraction of sp³-hybridized carbons (Fsp3) is 0.850. The molecule has 0 aromatic heterocycles. The van der Waals surface area contributed by atoms with E-state index in [0.29, 0.717) is 6.42 Å². The van der Waals surface area contributed by atoms with Gasteiger partial charge in [0.15, 0.2) is 0 Å². The second-order valence-electron chi connectivity index (χ2n) is 9.07. The lowest BCUT2D eigenvalue weighted by atomic mass is 9.75. The predicted molar refractivity (Wildman–Crippen MR) is 101 cm³/mol. The summed E-state index contributed by atoms with van der Waals surface area (Å²) in [6.45, 7) is 9.64. The molecule has 0 spiro atoms. The summed E-state index contributed by atoms with van der Waals surface area (Å²) in [6, 6.07) is -0.701. The van der Waals surface area contributed by atoms with Gasteiger partial charge in [0.05, 0.1) is 11.8 Å². The second-order valence-corrected chi connectivity index (χ2v) is 9.07. The Bertz CT molecular complexity index is 504. The van der Waals surface area contributed by atoms with E-state index in [1.807, 2.05) is 34.6 Å². The number of carbonyl (C=O) groups is 3. The minimum Gasteiger partial charge on any atom is -0.481 e. The third kappa shape index (κ3) is 5.99. The van der Waals surface area contributed by atoms with Crippen molar-refractivity contribution in [3.63, 3.8) is 0 Å². The molecule has 1 aliphatic rings. The Morgan fingerprint density at radius 2 is 1.62 bits per heavy atom. The molecule has 0 aromatic carbocycles. The maximum atomic E-state index is 13.1. The van der Waals surface area contributed by atoms with E-state index >= 15 is 0 Å². The largest absolute Gasteiger partial charge is 0.481 e. The lowest BCUT2D eigenvalue weighted by Gasteiger charge is -2.34. The highest BCUT2D eigenvalue weighted by molar-refractivity contribution is 5.90. The van der Waals surface area contributed by atoms with Gasteiger partial charge < -0.3 is 15.7 Å². The molecule has 1 fully saturated rings. The van der Waals surface area contributed by atoms with E-state index in [4.69, 9.17) is 0 Å². The number of carbonyl (C=O) groups excluding carboxylic acids is 2. The summed E-state index contributed by atoms with van der Waals surface area (Å²) in [5.41, 5.74) is -0.468. The molecule has 0 heterocycles. The highest BCUT2D eigenvalue weighted by Crippen LogP contribution is 2.38. The van der Waals surface area contributed by atoms with Crippen LogP contribution in [-0.4, -0.2) is 36.0 Å². The fourth-order valence-electron chi connectivity index (χ4n) is 4.01. The topological polar surface area (TPSA) is 95.5 Å². The second kappa shape index (κ2) is 9.38. The van der Waals surface area contributed by atoms with Gasteiger partial charge in [-0.2, -0.15) is 0 Å². The van der Waals surface area contributed by atoms with Gasteiger partial charge in [-0.15, -0.1) is 0 Å². The third-order valence-electron chi connectivity index (χ3n) is 5.35. The SMILES string of the molecule is CNC(=O)C(NC(=O)[C@H](CC(C)C)[C@@H](C(=O)O)C1CCCC1)C(C)(C)C. The highest BCUT2D eigenvalue weighted by Gasteiger charge is 2.42. The number of carboxylic acids is 1. The summed E-state index contributed by atoms with van der Waals surface area (Å²) in [7, 11) is 1.54. The van der Waals surface area contributed by atoms with Crippen LogP contribution >= 0.6 is 0 Å². The van der Waals surface area contributed by atoms with Crippen LogP contribution in [0.2, 0.25) is 0 Å². The van der Waals surface area contributed by atoms with Crippen LogP contribution in [0.1, 0.15) is 66.7 Å². The van der Waals surface area contributed by atoms with Crippen molar-refractivity contribution < 1.29 is 19.5 Å². The maximum absolute atomic E-state index is 13.1. The monoisotopic (exact) mass is 368 g/mol. The van der Waals surface area contributed by atoms with E-state index in [9.17, 15) is 19.5 Å². The zero-order chi connectivity index (χ0) is 20.1. The number of carboxylic acid groups (broad SMARTS) is 1. The Kier molecular flexibility index (Phi) is 8.10. The molecular weight excluding hydrogens is 332 g/mol. The first-order valence-corrected chi connectivity index (χ1v) is 9.73. The van der Waals surface area contributed by atoms with Crippen LogP contribution in [-0.2, 0) is 14.4 Å². The molecule has 1 aliphatic carbocycles. The van der Waals surface area contributed by atoms with Gasteiger partial charge in [-0.25, -0.2) is 0 Å². The summed E-state index contributed by atoms with van der Waals surface area (Å²) in [6.07, 6.45) is 4.26. The molecule has 0 radical (unpaired) electrons. The first-order valence-electron chi connectivity index (χ1n) is 9.73. The van der Waals surface area contributed by atoms with Crippen molar-refractivity contribution >= 4 is 17.8 Å². The number of hydrogen-bond acceptors (Lipinski definition) is 3. The van der Waals surface area contributed by atoms with Gasteiger partial charge in [0.1, 0.15) is 6.04 Å². The van der Waals surface area contributed by atoms with Crippen molar-refractivity contribution in [1.29, 1.82) is 0 Å². The minimum absolute atomic E-state index is 0.0371. The van der Waals surface area contributed by atoms with Crippen molar-refractivity contribution in [3.05, 3.63) is 0 Å². The van der Waals surface area contributed by atoms with Crippen molar-refractivity contribution in [2.45, 2.75) is 72.8 Å². The van der Waals surface area contributed by atoms with Gasteiger partial charge in [0, 0.05) is 7.05 Å². The Morgan fingerprint density at radius 3 is 2.00 bits per heavy atom. The number of likely N-dealkylation sites (N-methyl/N-ethyl adjacent to an activating group) is 1. The maximum Gasteiger partial charge on any atom is 0.307 e. The van der Waals surface area contributed by atoms with E-state index in [1.54, 1.807) is 0 Å². The van der Waals surface area contributed by atoms with Gasteiger partial charge in [-0.1, -0.05) is 47.5 Å². The van der Waals surface area contributed by atoms with Crippen LogP contribution in [0.5, 0.6) is 0 Å². The minimum atomic E-state index is -0.898. The van der Waals surface area contributed by atoms with Crippen LogP contribution in [0, 0.1) is 29.1 Å². The molecule has 1 rings (SSSR count). The average Bonchev–Trinajstić information content (AvgIpc) is 3.03.